The minimum absolute atomic E-state index is 0.182. The average Bonchev–Trinajstić information content (AvgIpc) is 2.18. The third-order valence-corrected chi connectivity index (χ3v) is 1.78. The van der Waals surface area contributed by atoms with Crippen LogP contribution >= 0.6 is 0 Å². The summed E-state index contributed by atoms with van der Waals surface area (Å²) < 4.78 is 0. The third kappa shape index (κ3) is 3.99. The fraction of sp³-hybridized carbons (Fsp3) is 0.556. The highest BCUT2D eigenvalue weighted by Crippen LogP contribution is 2.04. The Morgan fingerprint density at radius 1 is 1.53 bits per heavy atom. The summed E-state index contributed by atoms with van der Waals surface area (Å²) in [5.74, 6) is 0.277. The van der Waals surface area contributed by atoms with Crippen molar-refractivity contribution in [2.45, 2.75) is 26.3 Å². The van der Waals surface area contributed by atoms with E-state index in [9.17, 15) is 4.79 Å². The predicted molar refractivity (Wildman–Crippen MR) is 55.9 cm³/mol. The van der Waals surface area contributed by atoms with Gasteiger partial charge in [0.1, 0.15) is 0 Å². The number of nitrogens with two attached hydrogens (primary N) is 1. The number of nitrogens with one attached hydrogen (secondary N) is 1. The molecule has 0 unspecified atom stereocenters. The van der Waals surface area contributed by atoms with Crippen molar-refractivity contribution in [2.75, 3.05) is 5.32 Å². The van der Waals surface area contributed by atoms with Crippen LogP contribution in [-0.4, -0.2) is 27.1 Å². The molecular weight excluding hydrogens is 194 g/mol. The molecule has 0 aliphatic carbocycles. The Labute approximate surface area is 88.3 Å². The van der Waals surface area contributed by atoms with Crippen molar-refractivity contribution >= 4 is 11.9 Å². The van der Waals surface area contributed by atoms with E-state index in [1.165, 1.54) is 12.4 Å². The highest BCUT2D eigenvalue weighted by Gasteiger charge is 2.15. The second kappa shape index (κ2) is 5.35. The topological polar surface area (TPSA) is 93.8 Å². The fourth-order valence-electron chi connectivity index (χ4n) is 1.12. The molecule has 1 amide bonds. The average molecular weight is 209 g/mol. The van der Waals surface area contributed by atoms with Gasteiger partial charge in [0.05, 0.1) is 18.4 Å². The molecule has 0 aliphatic rings. The summed E-state index contributed by atoms with van der Waals surface area (Å²) in [6, 6.07) is -0.534. The summed E-state index contributed by atoms with van der Waals surface area (Å²) in [7, 11) is 0. The van der Waals surface area contributed by atoms with Gasteiger partial charge in [-0.15, -0.1) is 5.10 Å². The molecule has 1 aromatic heterocycles. The minimum atomic E-state index is -0.534. The molecular formula is C9H15N5O. The van der Waals surface area contributed by atoms with Crippen molar-refractivity contribution in [2.24, 2.45) is 11.7 Å². The van der Waals surface area contributed by atoms with Gasteiger partial charge in [-0.3, -0.25) is 10.1 Å². The number of amides is 1. The highest BCUT2D eigenvalue weighted by atomic mass is 16.2. The molecule has 6 heteroatoms. The van der Waals surface area contributed by atoms with Gasteiger partial charge < -0.3 is 5.73 Å². The molecule has 0 saturated carbocycles. The van der Waals surface area contributed by atoms with Gasteiger partial charge in [-0.2, -0.15) is 5.10 Å². The summed E-state index contributed by atoms with van der Waals surface area (Å²) in [6.07, 6.45) is 3.52. The SMILES string of the molecule is CC(C)C[C@@H](N)C(=O)Nc1nccnn1. The summed E-state index contributed by atoms with van der Waals surface area (Å²) in [5.41, 5.74) is 5.68. The second-order valence-corrected chi connectivity index (χ2v) is 3.69. The molecule has 1 rings (SSSR count). The number of aromatic nitrogens is 3. The van der Waals surface area contributed by atoms with Crippen LogP contribution in [-0.2, 0) is 4.79 Å². The smallest absolute Gasteiger partial charge is 0.249 e. The number of rotatable bonds is 4. The normalized spacial score (nSPS) is 12.5. The van der Waals surface area contributed by atoms with Gasteiger partial charge in [0.2, 0.25) is 11.9 Å². The van der Waals surface area contributed by atoms with E-state index in [-0.39, 0.29) is 11.9 Å². The van der Waals surface area contributed by atoms with Crippen molar-refractivity contribution < 1.29 is 4.79 Å². The number of carbonyl (C=O) groups is 1. The van der Waals surface area contributed by atoms with Gasteiger partial charge >= 0.3 is 0 Å². The van der Waals surface area contributed by atoms with Gasteiger partial charge in [-0.1, -0.05) is 13.8 Å². The van der Waals surface area contributed by atoms with E-state index < -0.39 is 6.04 Å². The molecule has 0 radical (unpaired) electrons. The van der Waals surface area contributed by atoms with E-state index in [1.807, 2.05) is 13.8 Å². The molecule has 1 atom stereocenters. The predicted octanol–water partition coefficient (Wildman–Crippen LogP) is 0.183. The molecule has 1 aromatic rings. The van der Waals surface area contributed by atoms with Crippen LogP contribution in [0, 0.1) is 5.92 Å². The lowest BCUT2D eigenvalue weighted by Crippen LogP contribution is -2.37. The number of anilines is 1. The van der Waals surface area contributed by atoms with Crippen molar-refractivity contribution in [1.82, 2.24) is 15.2 Å². The Balaban J connectivity index is 2.49. The summed E-state index contributed by atoms with van der Waals surface area (Å²) in [5, 5.41) is 9.72. The summed E-state index contributed by atoms with van der Waals surface area (Å²) in [4.78, 5) is 15.3. The maximum atomic E-state index is 11.5. The van der Waals surface area contributed by atoms with E-state index in [0.29, 0.717) is 12.3 Å². The third-order valence-electron chi connectivity index (χ3n) is 1.78. The van der Waals surface area contributed by atoms with Crippen LogP contribution in [0.3, 0.4) is 0 Å². The molecule has 0 bridgehead atoms. The first-order chi connectivity index (χ1) is 7.09. The standard InChI is InChI=1S/C9H15N5O/c1-6(2)5-7(10)8(15)13-9-11-3-4-12-14-9/h3-4,6-7H,5,10H2,1-2H3,(H,11,13,14,15)/t7-/m1/s1. The zero-order valence-electron chi connectivity index (χ0n) is 8.84. The lowest BCUT2D eigenvalue weighted by Gasteiger charge is -2.12. The van der Waals surface area contributed by atoms with Crippen molar-refractivity contribution in [3.63, 3.8) is 0 Å². The number of hydrogen-bond donors (Lipinski definition) is 2. The van der Waals surface area contributed by atoms with E-state index in [4.69, 9.17) is 5.73 Å². The van der Waals surface area contributed by atoms with Crippen LogP contribution in [0.1, 0.15) is 20.3 Å². The van der Waals surface area contributed by atoms with E-state index in [0.717, 1.165) is 0 Å². The van der Waals surface area contributed by atoms with Crippen LogP contribution < -0.4 is 11.1 Å². The van der Waals surface area contributed by atoms with Gasteiger partial charge in [0, 0.05) is 0 Å². The van der Waals surface area contributed by atoms with Crippen molar-refractivity contribution in [3.8, 4) is 0 Å². The summed E-state index contributed by atoms with van der Waals surface area (Å²) >= 11 is 0. The van der Waals surface area contributed by atoms with Gasteiger partial charge in [0.25, 0.3) is 0 Å². The Hall–Kier alpha value is -1.56. The van der Waals surface area contributed by atoms with Gasteiger partial charge in [-0.05, 0) is 12.3 Å². The number of nitrogens with zero attached hydrogens (tertiary/aromatic N) is 3. The van der Waals surface area contributed by atoms with Gasteiger partial charge in [0.15, 0.2) is 0 Å². The van der Waals surface area contributed by atoms with Crippen LogP contribution in [0.2, 0.25) is 0 Å². The minimum Gasteiger partial charge on any atom is -0.320 e. The van der Waals surface area contributed by atoms with Crippen LogP contribution in [0.5, 0.6) is 0 Å². The molecule has 6 nitrogen and oxygen atoms in total. The molecule has 3 N–H and O–H groups in total. The van der Waals surface area contributed by atoms with Gasteiger partial charge in [-0.25, -0.2) is 4.98 Å². The van der Waals surface area contributed by atoms with Crippen LogP contribution in [0.15, 0.2) is 12.4 Å². The maximum absolute atomic E-state index is 11.5. The van der Waals surface area contributed by atoms with Crippen LogP contribution in [0.4, 0.5) is 5.95 Å². The molecule has 0 fully saturated rings. The zero-order valence-corrected chi connectivity index (χ0v) is 8.84. The molecule has 0 aliphatic heterocycles. The Morgan fingerprint density at radius 2 is 2.27 bits per heavy atom. The van der Waals surface area contributed by atoms with Crippen molar-refractivity contribution in [1.29, 1.82) is 0 Å². The van der Waals surface area contributed by atoms with E-state index in [1.54, 1.807) is 0 Å². The molecule has 0 aromatic carbocycles. The molecule has 82 valence electrons. The monoisotopic (exact) mass is 209 g/mol. The lowest BCUT2D eigenvalue weighted by molar-refractivity contribution is -0.117. The lowest BCUT2D eigenvalue weighted by atomic mass is 10.0. The largest absolute Gasteiger partial charge is 0.320 e. The zero-order chi connectivity index (χ0) is 11.3. The Kier molecular flexibility index (Phi) is 4.11. The fourth-order valence-corrected chi connectivity index (χ4v) is 1.12. The first-order valence-corrected chi connectivity index (χ1v) is 4.79. The highest BCUT2D eigenvalue weighted by molar-refractivity contribution is 5.93. The second-order valence-electron chi connectivity index (χ2n) is 3.69. The molecule has 0 saturated heterocycles. The maximum Gasteiger partial charge on any atom is 0.249 e. The number of carbonyl (C=O) groups excluding carboxylic acids is 1. The Bertz CT molecular complexity index is 314. The Morgan fingerprint density at radius 3 is 2.80 bits per heavy atom. The number of hydrogen-bond acceptors (Lipinski definition) is 5. The molecule has 15 heavy (non-hydrogen) atoms. The first-order valence-electron chi connectivity index (χ1n) is 4.79. The summed E-state index contributed by atoms with van der Waals surface area (Å²) in [6.45, 7) is 4.02. The van der Waals surface area contributed by atoms with E-state index in [2.05, 4.69) is 20.5 Å². The van der Waals surface area contributed by atoms with Crippen LogP contribution in [0.25, 0.3) is 0 Å². The molecule has 0 spiro atoms. The van der Waals surface area contributed by atoms with E-state index >= 15 is 0 Å². The van der Waals surface area contributed by atoms with Crippen molar-refractivity contribution in [3.05, 3.63) is 12.4 Å². The molecule has 1 heterocycles. The first kappa shape index (κ1) is 11.5. The quantitative estimate of drug-likeness (QED) is 0.738.